The van der Waals surface area contributed by atoms with Gasteiger partial charge < -0.3 is 19.3 Å². The first-order valence-corrected chi connectivity index (χ1v) is 13.1. The molecular formula is C28H21F5N4O3S. The van der Waals surface area contributed by atoms with Crippen LogP contribution in [0.3, 0.4) is 0 Å². The predicted octanol–water partition coefficient (Wildman–Crippen LogP) is 6.13. The number of hydrogen-bond donors (Lipinski definition) is 1. The molecule has 5 rings (SSSR count). The Hall–Kier alpha value is -4.39. The van der Waals surface area contributed by atoms with Crippen molar-refractivity contribution in [1.29, 1.82) is 0 Å². The van der Waals surface area contributed by atoms with E-state index in [0.29, 0.717) is 16.5 Å². The summed E-state index contributed by atoms with van der Waals surface area (Å²) in [6, 6.07) is 15.3. The Balaban J connectivity index is 1.29. The fourth-order valence-corrected chi connectivity index (χ4v) is 5.17. The van der Waals surface area contributed by atoms with Crippen molar-refractivity contribution in [2.24, 2.45) is 0 Å². The van der Waals surface area contributed by atoms with Gasteiger partial charge >= 0.3 is 6.36 Å². The number of pyridine rings is 1. The molecule has 0 spiro atoms. The van der Waals surface area contributed by atoms with E-state index >= 15 is 0 Å². The molecule has 0 bridgehead atoms. The van der Waals surface area contributed by atoms with Gasteiger partial charge in [0.05, 0.1) is 16.1 Å². The molecule has 0 saturated carbocycles. The Labute approximate surface area is 235 Å². The zero-order valence-corrected chi connectivity index (χ0v) is 21.9. The molecule has 1 N–H and O–H groups in total. The number of benzene rings is 3. The second-order valence-electron chi connectivity index (χ2n) is 9.04. The van der Waals surface area contributed by atoms with Crippen LogP contribution in [0, 0.1) is 11.6 Å². The Morgan fingerprint density at radius 1 is 0.829 bits per heavy atom. The smallest absolute Gasteiger partial charge is 0.404 e. The van der Waals surface area contributed by atoms with Crippen LogP contribution in [0.5, 0.6) is 5.75 Å². The number of aromatic nitrogens is 1. The van der Waals surface area contributed by atoms with E-state index in [4.69, 9.17) is 0 Å². The van der Waals surface area contributed by atoms with E-state index < -0.39 is 35.6 Å². The lowest BCUT2D eigenvalue weighted by Gasteiger charge is -2.35. The molecule has 13 heteroatoms. The van der Waals surface area contributed by atoms with Gasteiger partial charge in [0, 0.05) is 55.0 Å². The minimum absolute atomic E-state index is 0.00505. The summed E-state index contributed by atoms with van der Waals surface area (Å²) in [5.74, 6) is -3.51. The minimum atomic E-state index is -5.01. The number of rotatable bonds is 6. The summed E-state index contributed by atoms with van der Waals surface area (Å²) < 4.78 is 73.9. The lowest BCUT2D eigenvalue weighted by molar-refractivity contribution is -0.274. The van der Waals surface area contributed by atoms with Crippen molar-refractivity contribution >= 4 is 40.4 Å². The quantitative estimate of drug-likeness (QED) is 0.216. The second-order valence-corrected chi connectivity index (χ2v) is 9.88. The van der Waals surface area contributed by atoms with Crippen LogP contribution in [0.4, 0.5) is 27.6 Å². The molecule has 3 aromatic carbocycles. The summed E-state index contributed by atoms with van der Waals surface area (Å²) >= 11 is 1.05. The van der Waals surface area contributed by atoms with Crippen LogP contribution in [0.1, 0.15) is 20.7 Å². The first-order valence-electron chi connectivity index (χ1n) is 12.3. The molecule has 0 radical (unpaired) electrons. The average molecular weight is 589 g/mol. The Morgan fingerprint density at radius 2 is 1.46 bits per heavy atom. The molecule has 41 heavy (non-hydrogen) atoms. The number of alkyl halides is 3. The van der Waals surface area contributed by atoms with Gasteiger partial charge in [-0.15, -0.1) is 13.2 Å². The number of para-hydroxylation sites is 1. The van der Waals surface area contributed by atoms with Crippen molar-refractivity contribution in [2.75, 3.05) is 30.9 Å². The van der Waals surface area contributed by atoms with E-state index in [1.807, 2.05) is 12.1 Å². The fraction of sp³-hybridized carbons (Fsp3) is 0.179. The number of nitrogens with zero attached hydrogens (tertiary/aromatic N) is 3. The normalized spacial score (nSPS) is 13.8. The third-order valence-electron chi connectivity index (χ3n) is 6.28. The standard InChI is InChI=1S/C28H21F5N4O3S/c29-20-13-19(14-21(30)16-20)27(39)37-11-9-36(10-12-37)26(38)18-6-7-22(23(15-18)40-28(31,32)33)35-41-24-5-1-3-17-4-2-8-34-25(17)24/h1-8,13-16,35H,9-12H2. The molecule has 2 amide bonds. The molecule has 7 nitrogen and oxygen atoms in total. The van der Waals surface area contributed by atoms with Crippen LogP contribution in [-0.2, 0) is 0 Å². The third-order valence-corrected chi connectivity index (χ3v) is 7.16. The molecule has 0 atom stereocenters. The number of nitrogens with one attached hydrogen (secondary N) is 1. The highest BCUT2D eigenvalue weighted by atomic mass is 32.2. The van der Waals surface area contributed by atoms with Crippen LogP contribution < -0.4 is 9.46 Å². The first-order chi connectivity index (χ1) is 19.6. The van der Waals surface area contributed by atoms with Gasteiger partial charge in [-0.1, -0.05) is 18.2 Å². The number of ether oxygens (including phenoxy) is 1. The number of carbonyl (C=O) groups excluding carboxylic acids is 2. The van der Waals surface area contributed by atoms with Gasteiger partial charge in [-0.05, 0) is 54.4 Å². The zero-order valence-electron chi connectivity index (χ0n) is 21.1. The van der Waals surface area contributed by atoms with Crippen molar-refractivity contribution in [1.82, 2.24) is 14.8 Å². The van der Waals surface area contributed by atoms with Gasteiger partial charge in [0.1, 0.15) is 11.6 Å². The van der Waals surface area contributed by atoms with Gasteiger partial charge in [-0.3, -0.25) is 14.6 Å². The second kappa shape index (κ2) is 11.6. The molecule has 212 valence electrons. The lowest BCUT2D eigenvalue weighted by Crippen LogP contribution is -2.50. The summed E-state index contributed by atoms with van der Waals surface area (Å²) in [5.41, 5.74) is 0.461. The zero-order chi connectivity index (χ0) is 29.1. The van der Waals surface area contributed by atoms with Gasteiger partial charge in [0.2, 0.25) is 0 Å². The predicted molar refractivity (Wildman–Crippen MR) is 143 cm³/mol. The maximum absolute atomic E-state index is 13.5. The summed E-state index contributed by atoms with van der Waals surface area (Å²) in [6.07, 6.45) is -3.39. The molecule has 0 unspecified atom stereocenters. The number of fused-ring (bicyclic) bond motifs is 1. The largest absolute Gasteiger partial charge is 0.573 e. The fourth-order valence-electron chi connectivity index (χ4n) is 4.37. The number of piperazine rings is 1. The van der Waals surface area contributed by atoms with E-state index in [2.05, 4.69) is 14.4 Å². The SMILES string of the molecule is O=C(c1cc(F)cc(F)c1)N1CCN(C(=O)c2ccc(NSc3cccc4cccnc34)c(OC(F)(F)F)c2)CC1. The molecule has 1 aromatic heterocycles. The van der Waals surface area contributed by atoms with Crippen LogP contribution in [0.2, 0.25) is 0 Å². The molecular weight excluding hydrogens is 567 g/mol. The van der Waals surface area contributed by atoms with Crippen LogP contribution in [0.15, 0.2) is 77.8 Å². The summed E-state index contributed by atoms with van der Waals surface area (Å²) in [6.45, 7) is 0.289. The summed E-state index contributed by atoms with van der Waals surface area (Å²) in [5, 5.41) is 0.858. The van der Waals surface area contributed by atoms with Gasteiger partial charge in [-0.25, -0.2) is 8.78 Å². The van der Waals surface area contributed by atoms with Crippen molar-refractivity contribution in [2.45, 2.75) is 11.3 Å². The first kappa shape index (κ1) is 28.1. The number of carbonyl (C=O) groups is 2. The van der Waals surface area contributed by atoms with Crippen LogP contribution in [0.25, 0.3) is 10.9 Å². The van der Waals surface area contributed by atoms with E-state index in [1.54, 1.807) is 24.4 Å². The highest BCUT2D eigenvalue weighted by molar-refractivity contribution is 8.00. The summed E-state index contributed by atoms with van der Waals surface area (Å²) in [4.78, 5) is 33.5. The molecule has 4 aromatic rings. The Kier molecular flexibility index (Phi) is 7.97. The van der Waals surface area contributed by atoms with Crippen molar-refractivity contribution in [3.05, 3.63) is 95.7 Å². The molecule has 1 aliphatic rings. The molecule has 0 aliphatic carbocycles. The van der Waals surface area contributed by atoms with E-state index in [1.165, 1.54) is 21.9 Å². The highest BCUT2D eigenvalue weighted by Gasteiger charge is 2.33. The van der Waals surface area contributed by atoms with Crippen LogP contribution >= 0.6 is 11.9 Å². The van der Waals surface area contributed by atoms with Crippen molar-refractivity contribution in [3.63, 3.8) is 0 Å². The average Bonchev–Trinajstić information content (AvgIpc) is 2.94. The lowest BCUT2D eigenvalue weighted by atomic mass is 10.1. The summed E-state index contributed by atoms with van der Waals surface area (Å²) in [7, 11) is 0. The molecule has 2 heterocycles. The molecule has 1 fully saturated rings. The van der Waals surface area contributed by atoms with Gasteiger partial charge in [0.25, 0.3) is 11.8 Å². The Bertz CT molecular complexity index is 1580. The molecule has 1 saturated heterocycles. The van der Waals surface area contributed by atoms with Gasteiger partial charge in [-0.2, -0.15) is 0 Å². The Morgan fingerprint density at radius 3 is 2.12 bits per heavy atom. The maximum Gasteiger partial charge on any atom is 0.573 e. The van der Waals surface area contributed by atoms with Crippen molar-refractivity contribution in [3.8, 4) is 5.75 Å². The number of halogens is 5. The van der Waals surface area contributed by atoms with Gasteiger partial charge in [0.15, 0.2) is 5.75 Å². The monoisotopic (exact) mass is 588 g/mol. The van der Waals surface area contributed by atoms with Crippen molar-refractivity contribution < 1.29 is 36.3 Å². The third kappa shape index (κ3) is 6.68. The maximum atomic E-state index is 13.5. The topological polar surface area (TPSA) is 74.8 Å². The molecule has 1 aliphatic heterocycles. The number of anilines is 1. The van der Waals surface area contributed by atoms with E-state index in [0.717, 1.165) is 35.5 Å². The number of amides is 2. The van der Waals surface area contributed by atoms with Crippen LogP contribution in [-0.4, -0.2) is 59.1 Å². The minimum Gasteiger partial charge on any atom is -0.404 e. The number of hydrogen-bond acceptors (Lipinski definition) is 6. The van der Waals surface area contributed by atoms with E-state index in [9.17, 15) is 31.5 Å². The van der Waals surface area contributed by atoms with E-state index in [-0.39, 0.29) is 43.0 Å². The highest BCUT2D eigenvalue weighted by Crippen LogP contribution is 2.36.